The first kappa shape index (κ1) is 18.9. The van der Waals surface area contributed by atoms with Crippen LogP contribution in [0.2, 0.25) is 0 Å². The fourth-order valence-corrected chi connectivity index (χ4v) is 4.60. The molecule has 0 aliphatic heterocycles. The van der Waals surface area contributed by atoms with E-state index < -0.39 is 0 Å². The molecule has 0 fully saturated rings. The maximum absolute atomic E-state index is 12.6. The molecule has 0 radical (unpaired) electrons. The molecule has 0 saturated carbocycles. The summed E-state index contributed by atoms with van der Waals surface area (Å²) in [4.78, 5) is 21.8. The minimum Gasteiger partial charge on any atom is -0.494 e. The molecule has 0 unspecified atom stereocenters. The van der Waals surface area contributed by atoms with E-state index in [0.717, 1.165) is 26.5 Å². The number of thiazole rings is 2. The van der Waals surface area contributed by atoms with Gasteiger partial charge in [-0.1, -0.05) is 23.5 Å². The topological polar surface area (TPSA) is 64.1 Å². The van der Waals surface area contributed by atoms with Gasteiger partial charge in [-0.2, -0.15) is 0 Å². The van der Waals surface area contributed by atoms with E-state index >= 15 is 0 Å². The normalized spacial score (nSPS) is 11.0. The maximum atomic E-state index is 12.6. The molecule has 0 saturated heterocycles. The number of amides is 1. The fraction of sp³-hybridized carbons (Fsp3) is 0.150. The van der Waals surface area contributed by atoms with Crippen LogP contribution < -0.4 is 10.1 Å². The summed E-state index contributed by atoms with van der Waals surface area (Å²) in [6.07, 6.45) is 0. The molecule has 2 aromatic carbocycles. The maximum Gasteiger partial charge on any atom is 0.257 e. The van der Waals surface area contributed by atoms with E-state index in [1.807, 2.05) is 36.6 Å². The zero-order valence-electron chi connectivity index (χ0n) is 15.2. The standard InChI is InChI=1S/C20H16ClN3O2S2/c1-11-22-15(10-27-11)14-7-8-16(26-2)17-18(14)28-20(23-17)24-19(25)13-5-3-12(9-21)4-6-13/h3-8,10H,9H2,1-2H3,(H,23,24,25). The highest BCUT2D eigenvalue weighted by Gasteiger charge is 2.17. The zero-order valence-corrected chi connectivity index (χ0v) is 17.5. The lowest BCUT2D eigenvalue weighted by molar-refractivity contribution is 0.102. The third-order valence-electron chi connectivity index (χ3n) is 4.21. The quantitative estimate of drug-likeness (QED) is 0.411. The molecule has 28 heavy (non-hydrogen) atoms. The molecular weight excluding hydrogens is 414 g/mol. The number of aryl methyl sites for hydroxylation is 1. The number of halogens is 1. The second kappa shape index (κ2) is 7.87. The van der Waals surface area contributed by atoms with Crippen molar-refractivity contribution in [3.05, 3.63) is 57.9 Å². The number of nitrogens with one attached hydrogen (secondary N) is 1. The van der Waals surface area contributed by atoms with Gasteiger partial charge in [-0.3, -0.25) is 10.1 Å². The number of carbonyl (C=O) groups excluding carboxylic acids is 1. The Morgan fingerprint density at radius 3 is 2.61 bits per heavy atom. The van der Waals surface area contributed by atoms with Crippen LogP contribution in [-0.2, 0) is 5.88 Å². The van der Waals surface area contributed by atoms with Crippen molar-refractivity contribution in [2.45, 2.75) is 12.8 Å². The number of hydrogen-bond acceptors (Lipinski definition) is 6. The van der Waals surface area contributed by atoms with Crippen LogP contribution in [0.1, 0.15) is 20.9 Å². The molecule has 1 N–H and O–H groups in total. The zero-order chi connectivity index (χ0) is 19.7. The lowest BCUT2D eigenvalue weighted by Gasteiger charge is -2.03. The van der Waals surface area contributed by atoms with Gasteiger partial charge in [0.1, 0.15) is 11.3 Å². The van der Waals surface area contributed by atoms with Gasteiger partial charge in [-0.15, -0.1) is 22.9 Å². The van der Waals surface area contributed by atoms with Crippen LogP contribution in [0.15, 0.2) is 41.8 Å². The van der Waals surface area contributed by atoms with Gasteiger partial charge in [0.15, 0.2) is 5.13 Å². The number of rotatable bonds is 5. The Morgan fingerprint density at radius 1 is 1.18 bits per heavy atom. The van der Waals surface area contributed by atoms with E-state index in [1.165, 1.54) is 11.3 Å². The summed E-state index contributed by atoms with van der Waals surface area (Å²) >= 11 is 8.81. The molecule has 0 aliphatic carbocycles. The van der Waals surface area contributed by atoms with Gasteiger partial charge in [0, 0.05) is 22.4 Å². The van der Waals surface area contributed by atoms with Crippen molar-refractivity contribution in [2.24, 2.45) is 0 Å². The SMILES string of the molecule is COc1ccc(-c2csc(C)n2)c2sc(NC(=O)c3ccc(CCl)cc3)nc12. The van der Waals surface area contributed by atoms with E-state index in [-0.39, 0.29) is 5.91 Å². The second-order valence-electron chi connectivity index (χ2n) is 6.05. The van der Waals surface area contributed by atoms with Crippen LogP contribution in [0.25, 0.3) is 21.5 Å². The molecule has 142 valence electrons. The van der Waals surface area contributed by atoms with Gasteiger partial charge in [0.05, 0.1) is 22.5 Å². The van der Waals surface area contributed by atoms with Crippen molar-refractivity contribution in [3.8, 4) is 17.0 Å². The van der Waals surface area contributed by atoms with E-state index in [4.69, 9.17) is 16.3 Å². The van der Waals surface area contributed by atoms with Gasteiger partial charge in [0.25, 0.3) is 5.91 Å². The van der Waals surface area contributed by atoms with Crippen molar-refractivity contribution in [3.63, 3.8) is 0 Å². The summed E-state index contributed by atoms with van der Waals surface area (Å²) in [5.41, 5.74) is 4.10. The summed E-state index contributed by atoms with van der Waals surface area (Å²) in [7, 11) is 1.61. The van der Waals surface area contributed by atoms with Gasteiger partial charge in [-0.25, -0.2) is 9.97 Å². The molecule has 8 heteroatoms. The summed E-state index contributed by atoms with van der Waals surface area (Å²) in [5, 5.41) is 6.41. The molecule has 2 heterocycles. The lowest BCUT2D eigenvalue weighted by Crippen LogP contribution is -2.11. The van der Waals surface area contributed by atoms with Crippen molar-refractivity contribution >= 4 is 55.5 Å². The molecular formula is C20H16ClN3O2S2. The molecule has 0 spiro atoms. The third-order valence-corrected chi connectivity index (χ3v) is 6.30. The van der Waals surface area contributed by atoms with Gasteiger partial charge >= 0.3 is 0 Å². The number of methoxy groups -OCH3 is 1. The average molecular weight is 430 g/mol. The Labute approximate surface area is 175 Å². The number of fused-ring (bicyclic) bond motifs is 1. The predicted octanol–water partition coefficient (Wildman–Crippen LogP) is 5.73. The molecule has 4 aromatic rings. The average Bonchev–Trinajstić information content (AvgIpc) is 3.33. The summed E-state index contributed by atoms with van der Waals surface area (Å²) in [6.45, 7) is 1.97. The number of ether oxygens (including phenoxy) is 1. The van der Waals surface area contributed by atoms with Crippen LogP contribution in [0.4, 0.5) is 5.13 Å². The van der Waals surface area contributed by atoms with Gasteiger partial charge in [0.2, 0.25) is 0 Å². The first-order valence-electron chi connectivity index (χ1n) is 8.45. The molecule has 1 amide bonds. The monoisotopic (exact) mass is 429 g/mol. The number of benzene rings is 2. The Balaban J connectivity index is 1.70. The van der Waals surface area contributed by atoms with Crippen LogP contribution in [0.5, 0.6) is 5.75 Å². The molecule has 0 bridgehead atoms. The molecule has 0 atom stereocenters. The van der Waals surface area contributed by atoms with Crippen LogP contribution >= 0.6 is 34.3 Å². The fourth-order valence-electron chi connectivity index (χ4n) is 2.80. The van der Waals surface area contributed by atoms with Crippen molar-refractivity contribution in [2.75, 3.05) is 12.4 Å². The number of nitrogens with zero attached hydrogens (tertiary/aromatic N) is 2. The highest BCUT2D eigenvalue weighted by atomic mass is 35.5. The van der Waals surface area contributed by atoms with Gasteiger partial charge in [-0.05, 0) is 36.8 Å². The van der Waals surface area contributed by atoms with Crippen molar-refractivity contribution in [1.29, 1.82) is 0 Å². The van der Waals surface area contributed by atoms with Crippen LogP contribution in [0.3, 0.4) is 0 Å². The Hall–Kier alpha value is -2.48. The summed E-state index contributed by atoms with van der Waals surface area (Å²) in [6, 6.07) is 11.0. The highest BCUT2D eigenvalue weighted by Crippen LogP contribution is 2.39. The number of alkyl halides is 1. The summed E-state index contributed by atoms with van der Waals surface area (Å²) in [5.74, 6) is 0.859. The third kappa shape index (κ3) is 3.61. The molecule has 5 nitrogen and oxygen atoms in total. The second-order valence-corrected chi connectivity index (χ2v) is 8.38. The largest absolute Gasteiger partial charge is 0.494 e. The summed E-state index contributed by atoms with van der Waals surface area (Å²) < 4.78 is 6.38. The smallest absolute Gasteiger partial charge is 0.257 e. The predicted molar refractivity (Wildman–Crippen MR) is 116 cm³/mol. The minimum atomic E-state index is -0.217. The van der Waals surface area contributed by atoms with Gasteiger partial charge < -0.3 is 4.74 Å². The van der Waals surface area contributed by atoms with E-state index in [2.05, 4.69) is 15.3 Å². The minimum absolute atomic E-state index is 0.217. The van der Waals surface area contributed by atoms with E-state index in [0.29, 0.717) is 27.8 Å². The first-order chi connectivity index (χ1) is 13.6. The molecule has 2 aromatic heterocycles. The Bertz CT molecular complexity index is 1150. The van der Waals surface area contributed by atoms with E-state index in [1.54, 1.807) is 30.6 Å². The van der Waals surface area contributed by atoms with Crippen LogP contribution in [-0.4, -0.2) is 23.0 Å². The number of aromatic nitrogens is 2. The Morgan fingerprint density at radius 2 is 1.96 bits per heavy atom. The van der Waals surface area contributed by atoms with Crippen molar-refractivity contribution in [1.82, 2.24) is 9.97 Å². The number of anilines is 1. The number of carbonyl (C=O) groups is 1. The highest BCUT2D eigenvalue weighted by molar-refractivity contribution is 7.23. The van der Waals surface area contributed by atoms with E-state index in [9.17, 15) is 4.79 Å². The van der Waals surface area contributed by atoms with Crippen molar-refractivity contribution < 1.29 is 9.53 Å². The molecule has 4 rings (SSSR count). The van der Waals surface area contributed by atoms with Crippen LogP contribution in [0, 0.1) is 6.92 Å². The first-order valence-corrected chi connectivity index (χ1v) is 10.7. The number of hydrogen-bond donors (Lipinski definition) is 1. The lowest BCUT2D eigenvalue weighted by atomic mass is 10.1. The Kier molecular flexibility index (Phi) is 5.30. The molecule has 0 aliphatic rings.